The molecule has 0 aliphatic carbocycles. The molecule has 0 fully saturated rings. The molecule has 0 aliphatic heterocycles. The third kappa shape index (κ3) is 8.00. The zero-order valence-corrected chi connectivity index (χ0v) is 16.0. The van der Waals surface area contributed by atoms with Crippen molar-refractivity contribution in [2.24, 2.45) is 11.8 Å². The number of methoxy groups -OCH3 is 5. The van der Waals surface area contributed by atoms with Crippen molar-refractivity contribution >= 4 is 6.29 Å². The Labute approximate surface area is 145 Å². The first kappa shape index (κ1) is 23.4. The van der Waals surface area contributed by atoms with Gasteiger partial charge in [-0.1, -0.05) is 13.8 Å². The predicted octanol–water partition coefficient (Wildman–Crippen LogP) is 1.88. The minimum Gasteiger partial charge on any atom is -0.381 e. The Bertz CT molecular complexity index is 309. The van der Waals surface area contributed by atoms with Gasteiger partial charge in [-0.05, 0) is 0 Å². The van der Waals surface area contributed by atoms with Crippen LogP contribution in [0.2, 0.25) is 0 Å². The van der Waals surface area contributed by atoms with E-state index in [0.717, 1.165) is 6.29 Å². The Morgan fingerprint density at radius 1 is 0.792 bits per heavy atom. The summed E-state index contributed by atoms with van der Waals surface area (Å²) in [6.07, 6.45) is 1.10. The first-order valence-corrected chi connectivity index (χ1v) is 8.15. The van der Waals surface area contributed by atoms with Crippen LogP contribution in [0.15, 0.2) is 0 Å². The average molecular weight is 350 g/mol. The normalized spacial score (nSPS) is 18.2. The van der Waals surface area contributed by atoms with Gasteiger partial charge in [-0.25, -0.2) is 0 Å². The summed E-state index contributed by atoms with van der Waals surface area (Å²) in [5.41, 5.74) is 0. The van der Waals surface area contributed by atoms with Gasteiger partial charge in [0, 0.05) is 60.2 Å². The molecule has 0 unspecified atom stereocenters. The monoisotopic (exact) mass is 350 g/mol. The lowest BCUT2D eigenvalue weighted by Gasteiger charge is -2.34. The quantitative estimate of drug-likeness (QED) is 0.330. The molecule has 0 aliphatic rings. The summed E-state index contributed by atoms with van der Waals surface area (Å²) >= 11 is 0. The summed E-state index contributed by atoms with van der Waals surface area (Å²) in [5, 5.41) is 0. The topological polar surface area (TPSA) is 72.5 Å². The summed E-state index contributed by atoms with van der Waals surface area (Å²) < 4.78 is 32.5. The van der Waals surface area contributed by atoms with Crippen LogP contribution in [0.4, 0.5) is 0 Å². The number of hydrogen-bond donors (Lipinski definition) is 0. The van der Waals surface area contributed by atoms with Crippen molar-refractivity contribution in [3.05, 3.63) is 0 Å². The molecular weight excluding hydrogens is 316 g/mol. The number of aldehydes is 1. The smallest absolute Gasteiger partial charge is 0.159 e. The Hall–Kier alpha value is -0.570. The summed E-state index contributed by atoms with van der Waals surface area (Å²) in [5.74, 6) is -0.197. The molecule has 0 bridgehead atoms. The van der Waals surface area contributed by atoms with Gasteiger partial charge < -0.3 is 33.2 Å². The lowest BCUT2D eigenvalue weighted by Crippen LogP contribution is -2.39. The van der Waals surface area contributed by atoms with E-state index in [9.17, 15) is 4.79 Å². The van der Waals surface area contributed by atoms with Crippen LogP contribution in [0.3, 0.4) is 0 Å². The van der Waals surface area contributed by atoms with Gasteiger partial charge in [0.15, 0.2) is 6.29 Å². The fourth-order valence-corrected chi connectivity index (χ4v) is 2.68. The van der Waals surface area contributed by atoms with Crippen molar-refractivity contribution in [1.29, 1.82) is 0 Å². The van der Waals surface area contributed by atoms with E-state index < -0.39 is 0 Å². The Kier molecular flexibility index (Phi) is 13.4. The highest BCUT2D eigenvalue weighted by atomic mass is 16.7. The van der Waals surface area contributed by atoms with Crippen LogP contribution < -0.4 is 0 Å². The fraction of sp³-hybridized carbons (Fsp3) is 0.941. The molecule has 0 aromatic heterocycles. The molecule has 144 valence electrons. The first-order chi connectivity index (χ1) is 11.5. The van der Waals surface area contributed by atoms with E-state index in [1.54, 1.807) is 35.5 Å². The highest BCUT2D eigenvalue weighted by Crippen LogP contribution is 2.25. The Morgan fingerprint density at radius 3 is 1.79 bits per heavy atom. The molecule has 0 saturated heterocycles. The fourth-order valence-electron chi connectivity index (χ4n) is 2.68. The first-order valence-electron chi connectivity index (χ1n) is 8.15. The van der Waals surface area contributed by atoms with Crippen molar-refractivity contribution in [3.63, 3.8) is 0 Å². The van der Waals surface area contributed by atoms with Crippen molar-refractivity contribution < 1.29 is 33.2 Å². The number of carbonyl (C=O) groups is 1. The van der Waals surface area contributed by atoms with Crippen molar-refractivity contribution in [2.75, 3.05) is 42.3 Å². The van der Waals surface area contributed by atoms with E-state index in [1.165, 1.54) is 0 Å². The minimum absolute atomic E-state index is 0.0226. The van der Waals surface area contributed by atoms with Gasteiger partial charge in [-0.15, -0.1) is 0 Å². The molecule has 0 heterocycles. The molecule has 0 amide bonds. The third-order valence-electron chi connectivity index (χ3n) is 4.39. The predicted molar refractivity (Wildman–Crippen MR) is 89.8 cm³/mol. The summed E-state index contributed by atoms with van der Waals surface area (Å²) in [6.45, 7) is 4.03. The standard InChI is InChI=1S/C17H34O7/c1-12(10-18)14(20-4)8-16(24-11-19-3)13(2)15(21-5)9-17(22-6)23-7/h10,12-17H,8-9,11H2,1-7H3/t12-,13+,14-,15-,16-/m0/s1. The molecule has 0 aromatic rings. The van der Waals surface area contributed by atoms with Gasteiger partial charge in [0.2, 0.25) is 0 Å². The molecular formula is C17H34O7. The SMILES string of the molecule is COCO[C@@H](C[C@H](OC)[C@@H](C)C=O)[C@H](C)[C@H](CC(OC)OC)OC. The molecule has 0 saturated carbocycles. The molecule has 0 aromatic carbocycles. The second-order valence-electron chi connectivity index (χ2n) is 5.89. The average Bonchev–Trinajstić information content (AvgIpc) is 2.62. The van der Waals surface area contributed by atoms with Crippen molar-refractivity contribution in [1.82, 2.24) is 0 Å². The highest BCUT2D eigenvalue weighted by Gasteiger charge is 2.32. The lowest BCUT2D eigenvalue weighted by molar-refractivity contribution is -0.157. The van der Waals surface area contributed by atoms with E-state index in [4.69, 9.17) is 28.4 Å². The minimum atomic E-state index is -0.354. The van der Waals surface area contributed by atoms with E-state index in [2.05, 4.69) is 0 Å². The maximum absolute atomic E-state index is 11.1. The maximum Gasteiger partial charge on any atom is 0.159 e. The van der Waals surface area contributed by atoms with Crippen LogP contribution in [0, 0.1) is 11.8 Å². The molecule has 7 heteroatoms. The molecule has 24 heavy (non-hydrogen) atoms. The van der Waals surface area contributed by atoms with E-state index in [-0.39, 0.29) is 43.2 Å². The van der Waals surface area contributed by atoms with Gasteiger partial charge in [0.1, 0.15) is 13.1 Å². The van der Waals surface area contributed by atoms with Crippen LogP contribution in [0.25, 0.3) is 0 Å². The lowest BCUT2D eigenvalue weighted by atomic mass is 9.89. The zero-order valence-electron chi connectivity index (χ0n) is 16.0. The van der Waals surface area contributed by atoms with Crippen LogP contribution >= 0.6 is 0 Å². The second kappa shape index (κ2) is 13.7. The molecule has 0 radical (unpaired) electrons. The summed E-state index contributed by atoms with van der Waals surface area (Å²) in [4.78, 5) is 11.1. The summed E-state index contributed by atoms with van der Waals surface area (Å²) in [6, 6.07) is 0. The Balaban J connectivity index is 5.05. The number of hydrogen-bond acceptors (Lipinski definition) is 7. The van der Waals surface area contributed by atoms with Crippen LogP contribution in [0.5, 0.6) is 0 Å². The molecule has 7 nitrogen and oxygen atoms in total. The van der Waals surface area contributed by atoms with Gasteiger partial charge in [0.25, 0.3) is 0 Å². The number of ether oxygens (including phenoxy) is 6. The van der Waals surface area contributed by atoms with Crippen molar-refractivity contribution in [3.8, 4) is 0 Å². The van der Waals surface area contributed by atoms with Crippen LogP contribution in [-0.2, 0) is 33.2 Å². The zero-order chi connectivity index (χ0) is 18.5. The van der Waals surface area contributed by atoms with Gasteiger partial charge in [0.05, 0.1) is 18.3 Å². The maximum atomic E-state index is 11.1. The second-order valence-corrected chi connectivity index (χ2v) is 5.89. The summed E-state index contributed by atoms with van der Waals surface area (Å²) in [7, 11) is 8.01. The van der Waals surface area contributed by atoms with E-state index >= 15 is 0 Å². The molecule has 0 N–H and O–H groups in total. The highest BCUT2D eigenvalue weighted by molar-refractivity contribution is 5.53. The third-order valence-corrected chi connectivity index (χ3v) is 4.39. The van der Waals surface area contributed by atoms with Crippen LogP contribution in [-0.4, -0.2) is 73.2 Å². The molecule has 0 spiro atoms. The van der Waals surface area contributed by atoms with E-state index in [1.807, 2.05) is 13.8 Å². The number of rotatable bonds is 15. The van der Waals surface area contributed by atoms with E-state index in [0.29, 0.717) is 12.8 Å². The van der Waals surface area contributed by atoms with Crippen molar-refractivity contribution in [2.45, 2.75) is 51.3 Å². The molecule has 5 atom stereocenters. The molecule has 0 rings (SSSR count). The largest absolute Gasteiger partial charge is 0.381 e. The van der Waals surface area contributed by atoms with Gasteiger partial charge >= 0.3 is 0 Å². The van der Waals surface area contributed by atoms with Gasteiger partial charge in [-0.3, -0.25) is 0 Å². The Morgan fingerprint density at radius 2 is 1.38 bits per heavy atom. The number of carbonyl (C=O) groups excluding carboxylic acids is 1. The van der Waals surface area contributed by atoms with Crippen LogP contribution in [0.1, 0.15) is 26.7 Å². The van der Waals surface area contributed by atoms with Gasteiger partial charge in [-0.2, -0.15) is 0 Å².